The third-order valence-electron chi connectivity index (χ3n) is 3.96. The summed E-state index contributed by atoms with van der Waals surface area (Å²) in [6.45, 7) is 1.21. The van der Waals surface area contributed by atoms with Crippen LogP contribution in [0.5, 0.6) is 0 Å². The zero-order valence-electron chi connectivity index (χ0n) is 13.0. The van der Waals surface area contributed by atoms with Crippen LogP contribution >= 0.6 is 0 Å². The molecule has 1 saturated heterocycles. The Hall–Kier alpha value is -2.62. The molecule has 2 aromatic rings. The lowest BCUT2D eigenvalue weighted by Crippen LogP contribution is -2.36. The molecule has 23 heavy (non-hydrogen) atoms. The van der Waals surface area contributed by atoms with Crippen molar-refractivity contribution in [3.63, 3.8) is 0 Å². The number of oxime groups is 1. The number of nitrogens with zero attached hydrogens (tertiary/aromatic N) is 2. The van der Waals surface area contributed by atoms with E-state index in [-0.39, 0.29) is 11.9 Å². The Labute approximate surface area is 136 Å². The van der Waals surface area contributed by atoms with Crippen molar-refractivity contribution in [2.75, 3.05) is 6.54 Å². The molecule has 118 valence electrons. The zero-order chi connectivity index (χ0) is 15.9. The minimum absolute atomic E-state index is 0.0125. The van der Waals surface area contributed by atoms with Crippen LogP contribution in [-0.2, 0) is 11.4 Å². The van der Waals surface area contributed by atoms with Gasteiger partial charge in [0.1, 0.15) is 6.61 Å². The number of rotatable bonds is 5. The molecule has 0 aliphatic carbocycles. The van der Waals surface area contributed by atoms with Crippen molar-refractivity contribution in [3.8, 4) is 0 Å². The maximum atomic E-state index is 12.5. The lowest BCUT2D eigenvalue weighted by atomic mass is 10.2. The molecule has 4 heteroatoms. The van der Waals surface area contributed by atoms with E-state index in [9.17, 15) is 4.79 Å². The summed E-state index contributed by atoms with van der Waals surface area (Å²) in [5.74, 6) is 0.0580. The molecule has 0 radical (unpaired) electrons. The molecule has 1 heterocycles. The van der Waals surface area contributed by atoms with Gasteiger partial charge in [0, 0.05) is 12.1 Å². The van der Waals surface area contributed by atoms with Gasteiger partial charge in [-0.3, -0.25) is 4.79 Å². The van der Waals surface area contributed by atoms with Gasteiger partial charge in [-0.1, -0.05) is 53.7 Å². The molecule has 1 amide bonds. The molecule has 4 nitrogen and oxygen atoms in total. The second-order valence-corrected chi connectivity index (χ2v) is 5.59. The van der Waals surface area contributed by atoms with Crippen LogP contribution in [0.4, 0.5) is 0 Å². The van der Waals surface area contributed by atoms with Gasteiger partial charge < -0.3 is 9.74 Å². The summed E-state index contributed by atoms with van der Waals surface area (Å²) in [5.41, 5.74) is 1.80. The maximum Gasteiger partial charge on any atom is 0.254 e. The molecular weight excluding hydrogens is 288 g/mol. The molecule has 0 bridgehead atoms. The van der Waals surface area contributed by atoms with E-state index >= 15 is 0 Å². The predicted molar refractivity (Wildman–Crippen MR) is 90.2 cm³/mol. The Morgan fingerprint density at radius 3 is 2.57 bits per heavy atom. The van der Waals surface area contributed by atoms with Crippen molar-refractivity contribution >= 4 is 12.1 Å². The first kappa shape index (κ1) is 15.3. The maximum absolute atomic E-state index is 12.5. The van der Waals surface area contributed by atoms with Crippen LogP contribution in [0.3, 0.4) is 0 Å². The number of benzene rings is 2. The highest BCUT2D eigenvalue weighted by Gasteiger charge is 2.28. The van der Waals surface area contributed by atoms with Crippen molar-refractivity contribution in [2.24, 2.45) is 5.16 Å². The Kier molecular flexibility index (Phi) is 5.04. The van der Waals surface area contributed by atoms with Gasteiger partial charge in [0.05, 0.1) is 12.3 Å². The summed E-state index contributed by atoms with van der Waals surface area (Å²) < 4.78 is 0. The van der Waals surface area contributed by atoms with Crippen LogP contribution in [0.25, 0.3) is 0 Å². The molecule has 1 unspecified atom stereocenters. The van der Waals surface area contributed by atoms with E-state index < -0.39 is 0 Å². The first-order chi connectivity index (χ1) is 11.3. The molecule has 0 spiro atoms. The van der Waals surface area contributed by atoms with E-state index in [1.807, 2.05) is 65.6 Å². The summed E-state index contributed by atoms with van der Waals surface area (Å²) in [7, 11) is 0. The minimum Gasteiger partial charge on any atom is -0.391 e. The molecule has 1 fully saturated rings. The third-order valence-corrected chi connectivity index (χ3v) is 3.96. The molecule has 1 atom stereocenters. The lowest BCUT2D eigenvalue weighted by Gasteiger charge is -2.21. The smallest absolute Gasteiger partial charge is 0.254 e. The van der Waals surface area contributed by atoms with Crippen LogP contribution in [0, 0.1) is 0 Å². The molecule has 0 N–H and O–H groups in total. The van der Waals surface area contributed by atoms with Crippen LogP contribution in [0.1, 0.15) is 28.8 Å². The van der Waals surface area contributed by atoms with E-state index in [2.05, 4.69) is 5.16 Å². The highest BCUT2D eigenvalue weighted by Crippen LogP contribution is 2.19. The van der Waals surface area contributed by atoms with E-state index in [1.54, 1.807) is 6.21 Å². The number of amides is 1. The summed E-state index contributed by atoms with van der Waals surface area (Å²) in [6, 6.07) is 19.3. The summed E-state index contributed by atoms with van der Waals surface area (Å²) >= 11 is 0. The third kappa shape index (κ3) is 3.97. The molecular formula is C19H20N2O2. The molecule has 1 aliphatic heterocycles. The van der Waals surface area contributed by atoms with Crippen LogP contribution in [-0.4, -0.2) is 29.6 Å². The van der Waals surface area contributed by atoms with Crippen LogP contribution < -0.4 is 0 Å². The fourth-order valence-corrected chi connectivity index (χ4v) is 2.75. The van der Waals surface area contributed by atoms with Gasteiger partial charge in [-0.05, 0) is 30.5 Å². The van der Waals surface area contributed by atoms with Gasteiger partial charge in [0.25, 0.3) is 5.91 Å². The Morgan fingerprint density at radius 2 is 1.83 bits per heavy atom. The Morgan fingerprint density at radius 1 is 1.13 bits per heavy atom. The number of carbonyl (C=O) groups excluding carboxylic acids is 1. The standard InChI is InChI=1S/C19H20N2O2/c22-19(17-10-5-2-6-11-17)21-13-7-12-18(21)14-20-23-15-16-8-3-1-4-9-16/h1-6,8-11,14,18H,7,12-13,15H2/b20-14+. The van der Waals surface area contributed by atoms with Crippen LogP contribution in [0.2, 0.25) is 0 Å². The summed E-state index contributed by atoms with van der Waals surface area (Å²) in [5, 5.41) is 4.06. The SMILES string of the molecule is O=C(c1ccccc1)N1CCCC1/C=N/OCc1ccccc1. The van der Waals surface area contributed by atoms with Crippen molar-refractivity contribution in [2.45, 2.75) is 25.5 Å². The highest BCUT2D eigenvalue weighted by molar-refractivity contribution is 5.96. The van der Waals surface area contributed by atoms with E-state index in [1.165, 1.54) is 0 Å². The van der Waals surface area contributed by atoms with Crippen molar-refractivity contribution in [1.82, 2.24) is 4.90 Å². The van der Waals surface area contributed by atoms with Gasteiger partial charge in [0.15, 0.2) is 0 Å². The zero-order valence-corrected chi connectivity index (χ0v) is 13.0. The van der Waals surface area contributed by atoms with Gasteiger partial charge in [-0.2, -0.15) is 0 Å². The number of likely N-dealkylation sites (tertiary alicyclic amines) is 1. The molecule has 3 rings (SSSR count). The number of hydrogen-bond acceptors (Lipinski definition) is 3. The van der Waals surface area contributed by atoms with Crippen molar-refractivity contribution < 1.29 is 9.63 Å². The largest absolute Gasteiger partial charge is 0.391 e. The number of hydrogen-bond donors (Lipinski definition) is 0. The quantitative estimate of drug-likeness (QED) is 0.627. The average Bonchev–Trinajstić information content (AvgIpc) is 3.08. The number of carbonyl (C=O) groups is 1. The van der Waals surface area contributed by atoms with E-state index in [0.717, 1.165) is 30.5 Å². The average molecular weight is 308 g/mol. The fraction of sp³-hybridized carbons (Fsp3) is 0.263. The van der Waals surface area contributed by atoms with Gasteiger partial charge >= 0.3 is 0 Å². The summed E-state index contributed by atoms with van der Waals surface area (Å²) in [6.07, 6.45) is 3.67. The highest BCUT2D eigenvalue weighted by atomic mass is 16.6. The van der Waals surface area contributed by atoms with Gasteiger partial charge in [0.2, 0.25) is 0 Å². The fourth-order valence-electron chi connectivity index (χ4n) is 2.75. The second kappa shape index (κ2) is 7.58. The van der Waals surface area contributed by atoms with Crippen molar-refractivity contribution in [1.29, 1.82) is 0 Å². The first-order valence-corrected chi connectivity index (χ1v) is 7.90. The molecule has 2 aromatic carbocycles. The molecule has 0 saturated carbocycles. The molecule has 1 aliphatic rings. The lowest BCUT2D eigenvalue weighted by molar-refractivity contribution is 0.0767. The normalized spacial score (nSPS) is 17.6. The second-order valence-electron chi connectivity index (χ2n) is 5.59. The first-order valence-electron chi connectivity index (χ1n) is 7.90. The van der Waals surface area contributed by atoms with Gasteiger partial charge in [-0.15, -0.1) is 0 Å². The Balaban J connectivity index is 1.56. The topological polar surface area (TPSA) is 41.9 Å². The van der Waals surface area contributed by atoms with Crippen LogP contribution in [0.15, 0.2) is 65.8 Å². The van der Waals surface area contributed by atoms with E-state index in [4.69, 9.17) is 4.84 Å². The van der Waals surface area contributed by atoms with Crippen molar-refractivity contribution in [3.05, 3.63) is 71.8 Å². The van der Waals surface area contributed by atoms with Gasteiger partial charge in [-0.25, -0.2) is 0 Å². The molecule has 0 aromatic heterocycles. The Bertz CT molecular complexity index is 656. The summed E-state index contributed by atoms with van der Waals surface area (Å²) in [4.78, 5) is 19.7. The predicted octanol–water partition coefficient (Wildman–Crippen LogP) is 3.49. The minimum atomic E-state index is 0.0125. The van der Waals surface area contributed by atoms with E-state index in [0.29, 0.717) is 6.61 Å². The monoisotopic (exact) mass is 308 g/mol.